The standard InChI is InChI=1S/C36H35NO5/c1-5-41-30-13-9-12-29(21-30)37-33(27-16-14-26(15-17-27)23(2)3)32(35(39)36(37)40)34(38)28-18-19-31(24(4)20-28)42-22-25-10-7-6-8-11-25/h6-21,23,33,38H,5,22H2,1-4H3/b34-32+. The van der Waals surface area contributed by atoms with E-state index in [4.69, 9.17) is 9.47 Å². The van der Waals surface area contributed by atoms with Gasteiger partial charge in [-0.25, -0.2) is 0 Å². The number of benzene rings is 4. The maximum Gasteiger partial charge on any atom is 0.300 e. The zero-order valence-corrected chi connectivity index (χ0v) is 24.3. The Morgan fingerprint density at radius 1 is 0.881 bits per heavy atom. The van der Waals surface area contributed by atoms with E-state index in [9.17, 15) is 14.7 Å². The summed E-state index contributed by atoms with van der Waals surface area (Å²) in [6.45, 7) is 8.86. The van der Waals surface area contributed by atoms with Crippen molar-refractivity contribution in [1.29, 1.82) is 0 Å². The number of ketones is 1. The highest BCUT2D eigenvalue weighted by Gasteiger charge is 2.47. The number of hydrogen-bond acceptors (Lipinski definition) is 5. The SMILES string of the molecule is CCOc1cccc(N2C(=O)C(=O)/C(=C(/O)c3ccc(OCc4ccccc4)c(C)c3)C2c2ccc(C(C)C)cc2)c1. The van der Waals surface area contributed by atoms with Crippen LogP contribution in [0.5, 0.6) is 11.5 Å². The van der Waals surface area contributed by atoms with Crippen LogP contribution in [0, 0.1) is 6.92 Å². The van der Waals surface area contributed by atoms with E-state index in [1.165, 1.54) is 4.90 Å². The van der Waals surface area contributed by atoms with Gasteiger partial charge >= 0.3 is 0 Å². The van der Waals surface area contributed by atoms with Gasteiger partial charge in [0.1, 0.15) is 23.9 Å². The summed E-state index contributed by atoms with van der Waals surface area (Å²) in [6.07, 6.45) is 0. The van der Waals surface area contributed by atoms with Crippen LogP contribution in [0.3, 0.4) is 0 Å². The van der Waals surface area contributed by atoms with E-state index in [-0.39, 0.29) is 11.3 Å². The first-order valence-corrected chi connectivity index (χ1v) is 14.2. The molecule has 6 nitrogen and oxygen atoms in total. The van der Waals surface area contributed by atoms with E-state index in [1.807, 2.05) is 68.4 Å². The summed E-state index contributed by atoms with van der Waals surface area (Å²) in [7, 11) is 0. The van der Waals surface area contributed by atoms with E-state index in [0.29, 0.717) is 41.9 Å². The van der Waals surface area contributed by atoms with Gasteiger partial charge in [-0.15, -0.1) is 0 Å². The molecule has 1 N–H and O–H groups in total. The summed E-state index contributed by atoms with van der Waals surface area (Å²) >= 11 is 0. The molecule has 4 aromatic carbocycles. The number of amides is 1. The van der Waals surface area contributed by atoms with Crippen molar-refractivity contribution in [1.82, 2.24) is 0 Å². The third-order valence-electron chi connectivity index (χ3n) is 7.46. The topological polar surface area (TPSA) is 76.1 Å². The van der Waals surface area contributed by atoms with Gasteiger partial charge in [0.25, 0.3) is 11.7 Å². The minimum Gasteiger partial charge on any atom is -0.507 e. The molecule has 1 atom stereocenters. The fraction of sp³-hybridized carbons (Fsp3) is 0.222. The Kier molecular flexibility index (Phi) is 8.43. The molecule has 0 aliphatic carbocycles. The minimum absolute atomic E-state index is 0.0384. The molecule has 0 radical (unpaired) electrons. The molecule has 1 amide bonds. The van der Waals surface area contributed by atoms with Crippen LogP contribution < -0.4 is 14.4 Å². The fourth-order valence-corrected chi connectivity index (χ4v) is 5.22. The summed E-state index contributed by atoms with van der Waals surface area (Å²) in [5.74, 6) is -0.0970. The summed E-state index contributed by atoms with van der Waals surface area (Å²) < 4.78 is 11.7. The molecule has 4 aromatic rings. The van der Waals surface area contributed by atoms with Crippen molar-refractivity contribution in [3.63, 3.8) is 0 Å². The van der Waals surface area contributed by atoms with Crippen LogP contribution in [0.2, 0.25) is 0 Å². The van der Waals surface area contributed by atoms with Crippen molar-refractivity contribution in [2.45, 2.75) is 46.3 Å². The Balaban J connectivity index is 1.57. The molecule has 1 aliphatic rings. The molecule has 0 spiro atoms. The van der Waals surface area contributed by atoms with E-state index in [1.54, 1.807) is 42.5 Å². The molecule has 1 heterocycles. The molecule has 5 rings (SSSR count). The first-order valence-electron chi connectivity index (χ1n) is 14.2. The second-order valence-electron chi connectivity index (χ2n) is 10.7. The Morgan fingerprint density at radius 2 is 1.62 bits per heavy atom. The third kappa shape index (κ3) is 5.79. The number of aliphatic hydroxyl groups is 1. The Bertz CT molecular complexity index is 1620. The molecular formula is C36H35NO5. The van der Waals surface area contributed by atoms with Crippen LogP contribution in [-0.4, -0.2) is 23.4 Å². The second kappa shape index (κ2) is 12.4. The zero-order chi connectivity index (χ0) is 29.8. The van der Waals surface area contributed by atoms with Gasteiger partial charge in [0.2, 0.25) is 0 Å². The molecule has 1 saturated heterocycles. The fourth-order valence-electron chi connectivity index (χ4n) is 5.22. The van der Waals surface area contributed by atoms with Crippen LogP contribution in [0.25, 0.3) is 5.76 Å². The molecule has 0 bridgehead atoms. The largest absolute Gasteiger partial charge is 0.507 e. The maximum absolute atomic E-state index is 13.6. The number of carbonyl (C=O) groups is 2. The lowest BCUT2D eigenvalue weighted by Gasteiger charge is -2.26. The highest BCUT2D eigenvalue weighted by atomic mass is 16.5. The van der Waals surface area contributed by atoms with Gasteiger partial charge in [0, 0.05) is 17.3 Å². The molecule has 214 valence electrons. The van der Waals surface area contributed by atoms with Crippen LogP contribution in [0.15, 0.2) is 103 Å². The summed E-state index contributed by atoms with van der Waals surface area (Å²) in [5, 5.41) is 11.6. The van der Waals surface area contributed by atoms with Crippen LogP contribution in [0.4, 0.5) is 5.69 Å². The summed E-state index contributed by atoms with van der Waals surface area (Å²) in [6, 6.07) is 29.3. The lowest BCUT2D eigenvalue weighted by atomic mass is 9.92. The van der Waals surface area contributed by atoms with E-state index < -0.39 is 17.7 Å². The maximum atomic E-state index is 13.6. The van der Waals surface area contributed by atoms with E-state index in [0.717, 1.165) is 22.3 Å². The van der Waals surface area contributed by atoms with E-state index in [2.05, 4.69) is 13.8 Å². The van der Waals surface area contributed by atoms with E-state index >= 15 is 0 Å². The average molecular weight is 562 g/mol. The molecule has 1 unspecified atom stereocenters. The number of Topliss-reactive ketones (excluding diaryl/α,β-unsaturated/α-hetero) is 1. The van der Waals surface area contributed by atoms with Gasteiger partial charge in [0.15, 0.2) is 0 Å². The monoisotopic (exact) mass is 561 g/mol. The molecule has 42 heavy (non-hydrogen) atoms. The van der Waals surface area contributed by atoms with Gasteiger partial charge in [-0.3, -0.25) is 14.5 Å². The van der Waals surface area contributed by atoms with Crippen LogP contribution >= 0.6 is 0 Å². The highest BCUT2D eigenvalue weighted by Crippen LogP contribution is 2.43. The zero-order valence-electron chi connectivity index (χ0n) is 24.3. The van der Waals surface area contributed by atoms with Crippen LogP contribution in [-0.2, 0) is 16.2 Å². The van der Waals surface area contributed by atoms with Crippen molar-refractivity contribution in [2.24, 2.45) is 0 Å². The quantitative estimate of drug-likeness (QED) is 0.129. The van der Waals surface area contributed by atoms with Crippen molar-refractivity contribution in [3.05, 3.63) is 130 Å². The molecule has 1 fully saturated rings. The number of carbonyl (C=O) groups excluding carboxylic acids is 2. The number of aliphatic hydroxyl groups excluding tert-OH is 1. The molecule has 0 aromatic heterocycles. The Morgan fingerprint density at radius 3 is 2.29 bits per heavy atom. The second-order valence-corrected chi connectivity index (χ2v) is 10.7. The van der Waals surface area contributed by atoms with Crippen molar-refractivity contribution in [3.8, 4) is 11.5 Å². The third-order valence-corrected chi connectivity index (χ3v) is 7.46. The summed E-state index contributed by atoms with van der Waals surface area (Å²) in [4.78, 5) is 28.7. The Labute approximate surface area is 246 Å². The first-order chi connectivity index (χ1) is 20.3. The van der Waals surface area contributed by atoms with Gasteiger partial charge < -0.3 is 14.6 Å². The normalized spacial score (nSPS) is 16.2. The molecular weight excluding hydrogens is 526 g/mol. The van der Waals surface area contributed by atoms with Gasteiger partial charge in [-0.05, 0) is 72.4 Å². The lowest BCUT2D eigenvalue weighted by molar-refractivity contribution is -0.132. The smallest absolute Gasteiger partial charge is 0.300 e. The number of hydrogen-bond donors (Lipinski definition) is 1. The number of rotatable bonds is 9. The molecule has 1 aliphatic heterocycles. The number of ether oxygens (including phenoxy) is 2. The first kappa shape index (κ1) is 28.7. The van der Waals surface area contributed by atoms with Crippen molar-refractivity contribution >= 4 is 23.1 Å². The highest BCUT2D eigenvalue weighted by molar-refractivity contribution is 6.51. The van der Waals surface area contributed by atoms with Gasteiger partial charge in [-0.1, -0.05) is 74.5 Å². The number of aryl methyl sites for hydroxylation is 1. The average Bonchev–Trinajstić information content (AvgIpc) is 3.26. The van der Waals surface area contributed by atoms with Gasteiger partial charge in [0.05, 0.1) is 18.2 Å². The predicted octanol–water partition coefficient (Wildman–Crippen LogP) is 7.72. The molecule has 0 saturated carbocycles. The molecule has 6 heteroatoms. The summed E-state index contributed by atoms with van der Waals surface area (Å²) in [5.41, 5.74) is 4.69. The number of nitrogens with zero attached hydrogens (tertiary/aromatic N) is 1. The lowest BCUT2D eigenvalue weighted by Crippen LogP contribution is -2.29. The Hall–Kier alpha value is -4.84. The van der Waals surface area contributed by atoms with Crippen LogP contribution in [0.1, 0.15) is 60.5 Å². The van der Waals surface area contributed by atoms with Gasteiger partial charge in [-0.2, -0.15) is 0 Å². The van der Waals surface area contributed by atoms with Crippen molar-refractivity contribution < 1.29 is 24.2 Å². The number of anilines is 1. The van der Waals surface area contributed by atoms with Crippen molar-refractivity contribution in [2.75, 3.05) is 11.5 Å². The predicted molar refractivity (Wildman–Crippen MR) is 165 cm³/mol. The minimum atomic E-state index is -0.822.